The number of esters is 1. The lowest BCUT2D eigenvalue weighted by molar-refractivity contribution is -0.250. The van der Waals surface area contributed by atoms with E-state index in [1.54, 1.807) is 0 Å². The maximum Gasteiger partial charge on any atom is 0.306 e. The maximum absolute atomic E-state index is 13.2. The van der Waals surface area contributed by atoms with Gasteiger partial charge in [0.2, 0.25) is 0 Å². The summed E-state index contributed by atoms with van der Waals surface area (Å²) < 4.78 is 6.29. The van der Waals surface area contributed by atoms with Gasteiger partial charge in [-0.25, -0.2) is 0 Å². The van der Waals surface area contributed by atoms with Gasteiger partial charge in [-0.2, -0.15) is 0 Å². The van der Waals surface area contributed by atoms with Crippen LogP contribution in [0.3, 0.4) is 0 Å². The second kappa shape index (κ2) is 13.3. The lowest BCUT2D eigenvalue weighted by Gasteiger charge is -2.73. The number of carbonyl (C=O) groups is 2. The van der Waals surface area contributed by atoms with Crippen molar-refractivity contribution in [2.75, 3.05) is 20.1 Å². The van der Waals surface area contributed by atoms with E-state index < -0.39 is 11.4 Å². The van der Waals surface area contributed by atoms with Crippen LogP contribution >= 0.6 is 0 Å². The van der Waals surface area contributed by atoms with E-state index in [9.17, 15) is 14.7 Å². The van der Waals surface area contributed by atoms with Gasteiger partial charge in [0.05, 0.1) is 12.8 Å². The van der Waals surface area contributed by atoms with Gasteiger partial charge in [0.25, 0.3) is 0 Å². The Morgan fingerprint density at radius 3 is 2.23 bits per heavy atom. The molecule has 5 aliphatic carbocycles. The van der Waals surface area contributed by atoms with E-state index in [-0.39, 0.29) is 35.7 Å². The van der Waals surface area contributed by atoms with Gasteiger partial charge >= 0.3 is 11.9 Å². The molecule has 0 unspecified atom stereocenters. The van der Waals surface area contributed by atoms with Crippen molar-refractivity contribution in [2.45, 2.75) is 165 Å². The van der Waals surface area contributed by atoms with Gasteiger partial charge in [-0.1, -0.05) is 67.5 Å². The second-order valence-electron chi connectivity index (χ2n) is 20.2. The van der Waals surface area contributed by atoms with E-state index in [0.29, 0.717) is 34.0 Å². The molecular weight excluding hydrogens is 594 g/mol. The summed E-state index contributed by atoms with van der Waals surface area (Å²) in [6, 6.07) is 0. The van der Waals surface area contributed by atoms with Crippen molar-refractivity contribution in [3.05, 3.63) is 12.2 Å². The summed E-state index contributed by atoms with van der Waals surface area (Å²) >= 11 is 0. The van der Waals surface area contributed by atoms with Crippen molar-refractivity contribution in [2.24, 2.45) is 62.1 Å². The molecule has 5 aliphatic rings. The molecule has 5 fully saturated rings. The zero-order valence-corrected chi connectivity index (χ0v) is 32.8. The number of allylic oxidation sites excluding steroid dienone is 1. The van der Waals surface area contributed by atoms with Crippen LogP contribution < -0.4 is 0 Å². The maximum atomic E-state index is 13.2. The van der Waals surface area contributed by atoms with Gasteiger partial charge in [-0.3, -0.25) is 9.59 Å². The summed E-state index contributed by atoms with van der Waals surface area (Å²) in [6.45, 7) is 28.2. The van der Waals surface area contributed by atoms with Crippen molar-refractivity contribution >= 4 is 11.9 Å². The SMILES string of the molecule is C=C(C)[C@@H]1CC[C@]2(CCCN(C)CCC)CC[C@]3(C)[C@H](CC[C@@H]4[C@@]5(C)CC[C@H](OC(=O)CC(C)(C)CC(=O)O)C(C)(C)[C@@H]5CC[C@]43C)[C@@H]12. The van der Waals surface area contributed by atoms with Gasteiger partial charge in [0, 0.05) is 5.41 Å². The fraction of sp³-hybridized carbons (Fsp3) is 0.907. The predicted molar refractivity (Wildman–Crippen MR) is 197 cm³/mol. The molecule has 0 aromatic rings. The van der Waals surface area contributed by atoms with E-state index >= 15 is 0 Å². The Balaban J connectivity index is 1.36. The lowest BCUT2D eigenvalue weighted by Crippen LogP contribution is -2.66. The molecular formula is C43H73NO4. The molecule has 0 amide bonds. The lowest BCUT2D eigenvalue weighted by atomic mass is 9.32. The highest BCUT2D eigenvalue weighted by Crippen LogP contribution is 2.78. The fourth-order valence-electron chi connectivity index (χ4n) is 14.2. The van der Waals surface area contributed by atoms with Crippen molar-refractivity contribution in [1.29, 1.82) is 0 Å². The molecule has 0 saturated heterocycles. The molecule has 0 bridgehead atoms. The van der Waals surface area contributed by atoms with Crippen molar-refractivity contribution in [3.63, 3.8) is 0 Å². The van der Waals surface area contributed by atoms with E-state index in [0.717, 1.165) is 24.7 Å². The number of carboxylic acids is 1. The quantitative estimate of drug-likeness (QED) is 0.166. The second-order valence-corrected chi connectivity index (χ2v) is 20.2. The Kier molecular flexibility index (Phi) is 10.5. The average Bonchev–Trinajstić information content (AvgIpc) is 3.34. The number of aliphatic carboxylic acids is 1. The number of ether oxygens (including phenoxy) is 1. The molecule has 5 saturated carbocycles. The predicted octanol–water partition coefficient (Wildman–Crippen LogP) is 10.6. The monoisotopic (exact) mass is 668 g/mol. The first kappa shape index (κ1) is 37.9. The highest BCUT2D eigenvalue weighted by atomic mass is 16.5. The molecule has 48 heavy (non-hydrogen) atoms. The Bertz CT molecular complexity index is 1220. The highest BCUT2D eigenvalue weighted by molar-refractivity contribution is 5.73. The molecule has 5 heteroatoms. The van der Waals surface area contributed by atoms with Crippen molar-refractivity contribution in [1.82, 2.24) is 4.90 Å². The summed E-state index contributed by atoms with van der Waals surface area (Å²) in [5.41, 5.74) is 2.12. The zero-order valence-electron chi connectivity index (χ0n) is 32.8. The minimum Gasteiger partial charge on any atom is -0.481 e. The zero-order chi connectivity index (χ0) is 35.5. The molecule has 0 spiro atoms. The number of fused-ring (bicyclic) bond motifs is 7. The number of rotatable bonds is 12. The van der Waals surface area contributed by atoms with Crippen LogP contribution in [-0.4, -0.2) is 48.2 Å². The van der Waals surface area contributed by atoms with E-state index in [1.165, 1.54) is 89.3 Å². The Hall–Kier alpha value is -1.36. The van der Waals surface area contributed by atoms with Crippen LogP contribution in [0.15, 0.2) is 12.2 Å². The van der Waals surface area contributed by atoms with Crippen LogP contribution in [0.25, 0.3) is 0 Å². The first-order chi connectivity index (χ1) is 22.3. The number of hydrogen-bond donors (Lipinski definition) is 1. The van der Waals surface area contributed by atoms with Crippen LogP contribution in [0.4, 0.5) is 0 Å². The Morgan fingerprint density at radius 1 is 0.875 bits per heavy atom. The minimum atomic E-state index is -0.864. The van der Waals surface area contributed by atoms with Crippen LogP contribution in [0.5, 0.6) is 0 Å². The van der Waals surface area contributed by atoms with Gasteiger partial charge in [0.1, 0.15) is 6.10 Å². The molecule has 0 heterocycles. The van der Waals surface area contributed by atoms with Gasteiger partial charge in [0.15, 0.2) is 0 Å². The summed E-state index contributed by atoms with van der Waals surface area (Å²) in [5, 5.41) is 9.34. The van der Waals surface area contributed by atoms with Crippen LogP contribution in [-0.2, 0) is 14.3 Å². The fourth-order valence-corrected chi connectivity index (χ4v) is 14.2. The molecule has 1 N–H and O–H groups in total. The van der Waals surface area contributed by atoms with Crippen molar-refractivity contribution < 1.29 is 19.4 Å². The molecule has 0 aromatic heterocycles. The van der Waals surface area contributed by atoms with E-state index in [2.05, 4.69) is 67.0 Å². The molecule has 10 atom stereocenters. The van der Waals surface area contributed by atoms with Crippen LogP contribution in [0.2, 0.25) is 0 Å². The summed E-state index contributed by atoms with van der Waals surface area (Å²) in [5.74, 6) is 2.35. The van der Waals surface area contributed by atoms with Crippen LogP contribution in [0.1, 0.15) is 159 Å². The normalized spacial score (nSPS) is 41.9. The van der Waals surface area contributed by atoms with Crippen molar-refractivity contribution in [3.8, 4) is 0 Å². The summed E-state index contributed by atoms with van der Waals surface area (Å²) in [4.78, 5) is 27.1. The largest absolute Gasteiger partial charge is 0.481 e. The third-order valence-corrected chi connectivity index (χ3v) is 16.5. The third-order valence-electron chi connectivity index (χ3n) is 16.5. The molecule has 0 aliphatic heterocycles. The van der Waals surface area contributed by atoms with Crippen LogP contribution in [0, 0.1) is 62.1 Å². The highest BCUT2D eigenvalue weighted by Gasteiger charge is 2.71. The average molecular weight is 668 g/mol. The Morgan fingerprint density at radius 2 is 1.58 bits per heavy atom. The number of carboxylic acid groups (broad SMARTS) is 1. The van der Waals surface area contributed by atoms with Gasteiger partial charge in [-0.15, -0.1) is 0 Å². The molecule has 0 radical (unpaired) electrons. The third kappa shape index (κ3) is 6.36. The van der Waals surface area contributed by atoms with Gasteiger partial charge < -0.3 is 14.7 Å². The van der Waals surface area contributed by atoms with E-state index in [1.807, 2.05) is 13.8 Å². The summed E-state index contributed by atoms with van der Waals surface area (Å²) in [6.07, 6.45) is 16.7. The molecule has 5 nitrogen and oxygen atoms in total. The first-order valence-corrected chi connectivity index (χ1v) is 20.0. The Labute approximate surface area is 294 Å². The summed E-state index contributed by atoms with van der Waals surface area (Å²) in [7, 11) is 2.31. The molecule has 274 valence electrons. The smallest absolute Gasteiger partial charge is 0.306 e. The number of carbonyl (C=O) groups excluding carboxylic acids is 1. The van der Waals surface area contributed by atoms with E-state index in [4.69, 9.17) is 4.74 Å². The minimum absolute atomic E-state index is 0.0255. The number of nitrogens with zero attached hydrogens (tertiary/aromatic N) is 1. The molecule has 0 aromatic carbocycles. The topological polar surface area (TPSA) is 66.8 Å². The number of hydrogen-bond acceptors (Lipinski definition) is 4. The van der Waals surface area contributed by atoms with Gasteiger partial charge in [-0.05, 0) is 167 Å². The first-order valence-electron chi connectivity index (χ1n) is 20.0. The molecule has 5 rings (SSSR count). The standard InChI is InChI=1S/C43H73NO4/c1-12-25-44(11)26-13-19-43-22-16-30(29(2)3)37(43)31-14-15-33-40(8)20-18-34(48-36(47)28-38(4,5)27-35(45)46)39(6,7)32(40)17-21-42(33,10)41(31,9)23-24-43/h30-34,37H,2,12-28H2,1,3-11H3,(H,45,46)/t30-,31+,32-,33+,34-,37+,40-,41+,42+,43+/m0/s1.